The third-order valence-corrected chi connectivity index (χ3v) is 4.05. The third kappa shape index (κ3) is 4.92. The van der Waals surface area contributed by atoms with Crippen molar-refractivity contribution in [3.8, 4) is 0 Å². The van der Waals surface area contributed by atoms with Gasteiger partial charge in [0.05, 0.1) is 6.04 Å². The van der Waals surface area contributed by atoms with Gasteiger partial charge in [0.2, 0.25) is 0 Å². The minimum Gasteiger partial charge on any atom is -0.335 e. The molecule has 1 saturated heterocycles. The summed E-state index contributed by atoms with van der Waals surface area (Å²) >= 11 is 1.61. The van der Waals surface area contributed by atoms with Crippen molar-refractivity contribution in [2.75, 3.05) is 30.1 Å². The highest BCUT2D eigenvalue weighted by atomic mass is 32.2. The van der Waals surface area contributed by atoms with E-state index in [1.165, 1.54) is 0 Å². The number of rotatable bonds is 7. The van der Waals surface area contributed by atoms with Gasteiger partial charge in [-0.1, -0.05) is 24.9 Å². The van der Waals surface area contributed by atoms with Crippen LogP contribution in [0.1, 0.15) is 17.3 Å². The fourth-order valence-electron chi connectivity index (χ4n) is 2.16. The summed E-state index contributed by atoms with van der Waals surface area (Å²) in [6, 6.07) is 7.20. The van der Waals surface area contributed by atoms with Gasteiger partial charge in [0, 0.05) is 36.6 Å². The molecule has 0 spiro atoms. The highest BCUT2D eigenvalue weighted by Gasteiger charge is 2.32. The molecule has 1 aromatic carbocycles. The Bertz CT molecular complexity index is 556. The Morgan fingerprint density at radius 1 is 1.35 bits per heavy atom. The van der Waals surface area contributed by atoms with E-state index in [4.69, 9.17) is 0 Å². The number of anilines is 1. The lowest BCUT2D eigenvalue weighted by Gasteiger charge is -2.39. The minimum absolute atomic E-state index is 0.00524. The van der Waals surface area contributed by atoms with Crippen LogP contribution in [0.4, 0.5) is 10.5 Å². The SMILES string of the molecule is C=CCNC(=O)NC1CN(C(=O)c2ccc(NSCC)cc2)C1. The molecule has 2 rings (SSSR count). The topological polar surface area (TPSA) is 73.5 Å². The van der Waals surface area contributed by atoms with Gasteiger partial charge in [-0.15, -0.1) is 6.58 Å². The monoisotopic (exact) mass is 334 g/mol. The fraction of sp³-hybridized carbons (Fsp3) is 0.375. The van der Waals surface area contributed by atoms with Crippen molar-refractivity contribution < 1.29 is 9.59 Å². The van der Waals surface area contributed by atoms with Crippen molar-refractivity contribution in [1.29, 1.82) is 0 Å². The maximum atomic E-state index is 12.3. The molecule has 23 heavy (non-hydrogen) atoms. The second-order valence-corrected chi connectivity index (χ2v) is 6.23. The molecule has 1 aliphatic rings. The lowest BCUT2D eigenvalue weighted by molar-refractivity contribution is 0.0577. The zero-order valence-corrected chi connectivity index (χ0v) is 14.0. The molecule has 1 aromatic rings. The number of carbonyl (C=O) groups is 2. The van der Waals surface area contributed by atoms with Crippen molar-refractivity contribution in [1.82, 2.24) is 15.5 Å². The van der Waals surface area contributed by atoms with Crippen LogP contribution in [0.15, 0.2) is 36.9 Å². The van der Waals surface area contributed by atoms with Crippen LogP contribution in [0.25, 0.3) is 0 Å². The van der Waals surface area contributed by atoms with Crippen molar-refractivity contribution in [3.05, 3.63) is 42.5 Å². The second-order valence-electron chi connectivity index (χ2n) is 5.16. The van der Waals surface area contributed by atoms with Crippen molar-refractivity contribution in [3.63, 3.8) is 0 Å². The molecule has 1 heterocycles. The first-order valence-corrected chi connectivity index (χ1v) is 8.55. The third-order valence-electron chi connectivity index (χ3n) is 3.38. The van der Waals surface area contributed by atoms with E-state index in [9.17, 15) is 9.59 Å². The molecule has 7 heteroatoms. The number of hydrogen-bond acceptors (Lipinski definition) is 4. The van der Waals surface area contributed by atoms with Crippen molar-refractivity contribution in [2.45, 2.75) is 13.0 Å². The number of carbonyl (C=O) groups excluding carboxylic acids is 2. The van der Waals surface area contributed by atoms with Gasteiger partial charge in [-0.2, -0.15) is 0 Å². The van der Waals surface area contributed by atoms with E-state index in [1.807, 2.05) is 24.3 Å². The van der Waals surface area contributed by atoms with Crippen LogP contribution in [0.3, 0.4) is 0 Å². The standard InChI is InChI=1S/C16H22N4O2S/c1-3-9-17-16(22)18-14-10-20(11-14)15(21)12-5-7-13(8-6-12)19-23-4-2/h3,5-8,14,19H,1,4,9-11H2,2H3,(H2,17,18,22). The Kier molecular flexibility index (Phi) is 6.34. The molecular formula is C16H22N4O2S. The van der Waals surface area contributed by atoms with Crippen molar-refractivity contribution >= 4 is 29.6 Å². The first-order chi connectivity index (χ1) is 11.1. The van der Waals surface area contributed by atoms with Crippen LogP contribution in [0, 0.1) is 0 Å². The summed E-state index contributed by atoms with van der Waals surface area (Å²) in [4.78, 5) is 25.5. The summed E-state index contributed by atoms with van der Waals surface area (Å²) in [7, 11) is 0. The first kappa shape index (κ1) is 17.2. The zero-order valence-electron chi connectivity index (χ0n) is 13.2. The molecule has 1 aliphatic heterocycles. The molecular weight excluding hydrogens is 312 g/mol. The van der Waals surface area contributed by atoms with E-state index in [-0.39, 0.29) is 18.0 Å². The van der Waals surface area contributed by atoms with Gasteiger partial charge >= 0.3 is 6.03 Å². The number of urea groups is 1. The maximum Gasteiger partial charge on any atom is 0.315 e. The van der Waals surface area contributed by atoms with E-state index in [1.54, 1.807) is 22.9 Å². The molecule has 0 atom stereocenters. The summed E-state index contributed by atoms with van der Waals surface area (Å²) in [5.41, 5.74) is 1.64. The van der Waals surface area contributed by atoms with Gasteiger partial charge < -0.3 is 20.3 Å². The molecule has 3 N–H and O–H groups in total. The highest BCUT2D eigenvalue weighted by molar-refractivity contribution is 8.00. The smallest absolute Gasteiger partial charge is 0.315 e. The summed E-state index contributed by atoms with van der Waals surface area (Å²) in [6.45, 7) is 7.10. The van der Waals surface area contributed by atoms with Gasteiger partial charge in [0.15, 0.2) is 0 Å². The molecule has 0 radical (unpaired) electrons. The average molecular weight is 334 g/mol. The number of nitrogens with zero attached hydrogens (tertiary/aromatic N) is 1. The summed E-state index contributed by atoms with van der Waals surface area (Å²) < 4.78 is 3.19. The predicted octanol–water partition coefficient (Wildman–Crippen LogP) is 2.08. The predicted molar refractivity (Wildman–Crippen MR) is 94.6 cm³/mol. The molecule has 0 unspecified atom stereocenters. The Balaban J connectivity index is 1.77. The lowest BCUT2D eigenvalue weighted by Crippen LogP contribution is -2.62. The van der Waals surface area contributed by atoms with Gasteiger partial charge in [0.25, 0.3) is 5.91 Å². The molecule has 124 valence electrons. The molecule has 6 nitrogen and oxygen atoms in total. The molecule has 0 aliphatic carbocycles. The largest absolute Gasteiger partial charge is 0.335 e. The number of hydrogen-bond donors (Lipinski definition) is 3. The second kappa shape index (κ2) is 8.47. The Morgan fingerprint density at radius 2 is 2.04 bits per heavy atom. The van der Waals surface area contributed by atoms with Crippen LogP contribution in [-0.4, -0.2) is 48.3 Å². The normalized spacial score (nSPS) is 13.9. The minimum atomic E-state index is -0.231. The summed E-state index contributed by atoms with van der Waals surface area (Å²) in [5, 5.41) is 5.46. The molecule has 0 bridgehead atoms. The first-order valence-electron chi connectivity index (χ1n) is 7.56. The summed E-state index contributed by atoms with van der Waals surface area (Å²) in [6.07, 6.45) is 1.62. The van der Waals surface area contributed by atoms with Crippen LogP contribution >= 0.6 is 11.9 Å². The van der Waals surface area contributed by atoms with E-state index in [0.717, 1.165) is 11.4 Å². The van der Waals surface area contributed by atoms with Crippen LogP contribution in [0.5, 0.6) is 0 Å². The summed E-state index contributed by atoms with van der Waals surface area (Å²) in [5.74, 6) is 0.965. The van der Waals surface area contributed by atoms with E-state index < -0.39 is 0 Å². The van der Waals surface area contributed by atoms with Crippen molar-refractivity contribution in [2.24, 2.45) is 0 Å². The maximum absolute atomic E-state index is 12.3. The number of amides is 3. The van der Waals surface area contributed by atoms with Gasteiger partial charge in [-0.25, -0.2) is 4.79 Å². The van der Waals surface area contributed by atoms with Gasteiger partial charge in [-0.3, -0.25) is 4.79 Å². The van der Waals surface area contributed by atoms with Crippen LogP contribution < -0.4 is 15.4 Å². The quantitative estimate of drug-likeness (QED) is 0.527. The molecule has 0 aromatic heterocycles. The van der Waals surface area contributed by atoms with Crippen LogP contribution in [0.2, 0.25) is 0 Å². The lowest BCUT2D eigenvalue weighted by atomic mass is 10.1. The van der Waals surface area contributed by atoms with E-state index >= 15 is 0 Å². The zero-order chi connectivity index (χ0) is 16.7. The van der Waals surface area contributed by atoms with E-state index in [2.05, 4.69) is 28.9 Å². The Labute approximate surface area is 140 Å². The van der Waals surface area contributed by atoms with Gasteiger partial charge in [0.1, 0.15) is 0 Å². The van der Waals surface area contributed by atoms with Crippen LogP contribution in [-0.2, 0) is 0 Å². The Hall–Kier alpha value is -2.15. The van der Waals surface area contributed by atoms with Gasteiger partial charge in [-0.05, 0) is 24.3 Å². The Morgan fingerprint density at radius 3 is 2.65 bits per heavy atom. The molecule has 3 amide bonds. The average Bonchev–Trinajstić information content (AvgIpc) is 2.53. The molecule has 1 fully saturated rings. The highest BCUT2D eigenvalue weighted by Crippen LogP contribution is 2.17. The molecule has 0 saturated carbocycles. The number of benzene rings is 1. The number of nitrogens with one attached hydrogen (secondary N) is 3. The fourth-order valence-corrected chi connectivity index (χ4v) is 2.60. The van der Waals surface area contributed by atoms with E-state index in [0.29, 0.717) is 25.2 Å². The number of likely N-dealkylation sites (tertiary alicyclic amines) is 1.